The van der Waals surface area contributed by atoms with E-state index in [0.29, 0.717) is 6.04 Å². The highest BCUT2D eigenvalue weighted by Crippen LogP contribution is 2.28. The molecule has 1 aliphatic heterocycles. The molecule has 1 saturated heterocycles. The molecule has 2 fully saturated rings. The molecule has 0 amide bonds. The molecule has 1 saturated carbocycles. The van der Waals surface area contributed by atoms with Gasteiger partial charge < -0.3 is 14.8 Å². The van der Waals surface area contributed by atoms with Gasteiger partial charge in [-0.2, -0.15) is 0 Å². The second-order valence-corrected chi connectivity index (χ2v) is 5.71. The fourth-order valence-electron chi connectivity index (χ4n) is 3.53. The number of nitrogens with zero attached hydrogens (tertiary/aromatic N) is 1. The van der Waals surface area contributed by atoms with E-state index in [1.807, 2.05) is 0 Å². The smallest absolute Gasteiger partial charge is 0.0971 e. The maximum atomic E-state index is 5.50. The molecule has 106 valence electrons. The minimum atomic E-state index is 0.232. The summed E-state index contributed by atoms with van der Waals surface area (Å²) in [6.45, 7) is 3.13. The van der Waals surface area contributed by atoms with Gasteiger partial charge in [0.05, 0.1) is 12.2 Å². The molecule has 2 rings (SSSR count). The molecule has 1 aliphatic carbocycles. The molecule has 0 aromatic carbocycles. The molecule has 3 atom stereocenters. The van der Waals surface area contributed by atoms with Crippen molar-refractivity contribution in [3.05, 3.63) is 0 Å². The van der Waals surface area contributed by atoms with Gasteiger partial charge in [-0.1, -0.05) is 12.8 Å². The van der Waals surface area contributed by atoms with Gasteiger partial charge in [-0.05, 0) is 25.8 Å². The Morgan fingerprint density at radius 3 is 2.11 bits per heavy atom. The second-order valence-electron chi connectivity index (χ2n) is 5.71. The van der Waals surface area contributed by atoms with Crippen molar-refractivity contribution in [3.63, 3.8) is 0 Å². The third-order valence-corrected chi connectivity index (χ3v) is 4.69. The van der Waals surface area contributed by atoms with Gasteiger partial charge in [-0.15, -0.1) is 0 Å². The first-order valence-electron chi connectivity index (χ1n) is 7.23. The van der Waals surface area contributed by atoms with Crippen molar-refractivity contribution in [3.8, 4) is 0 Å². The average molecular weight is 256 g/mol. The highest BCUT2D eigenvalue weighted by Gasteiger charge is 2.35. The molecule has 0 spiro atoms. The topological polar surface area (TPSA) is 33.7 Å². The zero-order valence-electron chi connectivity index (χ0n) is 12.0. The zero-order chi connectivity index (χ0) is 13.0. The lowest BCUT2D eigenvalue weighted by molar-refractivity contribution is -0.00461. The Balaban J connectivity index is 1.84. The summed E-state index contributed by atoms with van der Waals surface area (Å²) in [6, 6.07) is 0.626. The van der Waals surface area contributed by atoms with Crippen molar-refractivity contribution in [2.24, 2.45) is 5.92 Å². The highest BCUT2D eigenvalue weighted by molar-refractivity contribution is 4.90. The van der Waals surface area contributed by atoms with E-state index in [1.165, 1.54) is 25.7 Å². The molecule has 2 aliphatic rings. The molecule has 0 aromatic heterocycles. The van der Waals surface area contributed by atoms with Crippen LogP contribution in [0.25, 0.3) is 0 Å². The Morgan fingerprint density at radius 1 is 1.11 bits per heavy atom. The van der Waals surface area contributed by atoms with Crippen LogP contribution in [0.15, 0.2) is 0 Å². The highest BCUT2D eigenvalue weighted by atomic mass is 16.5. The van der Waals surface area contributed by atoms with Crippen LogP contribution in [-0.4, -0.2) is 64.1 Å². The molecule has 3 unspecified atom stereocenters. The summed E-state index contributed by atoms with van der Waals surface area (Å²) in [5.74, 6) is 0.859. The molecule has 4 heteroatoms. The summed E-state index contributed by atoms with van der Waals surface area (Å²) in [4.78, 5) is 2.49. The molecule has 0 bridgehead atoms. The summed E-state index contributed by atoms with van der Waals surface area (Å²) < 4.78 is 11.0. The number of nitrogens with one attached hydrogen (secondary N) is 1. The summed E-state index contributed by atoms with van der Waals surface area (Å²) in [5.41, 5.74) is 0. The number of methoxy groups -OCH3 is 2. The van der Waals surface area contributed by atoms with E-state index in [0.717, 1.165) is 25.6 Å². The first kappa shape index (κ1) is 14.3. The maximum absolute atomic E-state index is 5.50. The van der Waals surface area contributed by atoms with Crippen molar-refractivity contribution in [2.45, 2.75) is 43.9 Å². The predicted molar refractivity (Wildman–Crippen MR) is 72.8 cm³/mol. The fraction of sp³-hybridized carbons (Fsp3) is 1.00. The van der Waals surface area contributed by atoms with E-state index in [2.05, 4.69) is 17.3 Å². The zero-order valence-corrected chi connectivity index (χ0v) is 12.0. The Bertz CT molecular complexity index is 232. The fourth-order valence-corrected chi connectivity index (χ4v) is 3.53. The predicted octanol–water partition coefficient (Wildman–Crippen LogP) is 1.11. The number of ether oxygens (including phenoxy) is 2. The molecule has 1 heterocycles. The number of hydrogen-bond donors (Lipinski definition) is 1. The Kier molecular flexibility index (Phi) is 5.42. The monoisotopic (exact) mass is 256 g/mol. The third kappa shape index (κ3) is 3.23. The van der Waals surface area contributed by atoms with E-state index in [-0.39, 0.29) is 12.2 Å². The van der Waals surface area contributed by atoms with E-state index in [4.69, 9.17) is 9.47 Å². The summed E-state index contributed by atoms with van der Waals surface area (Å²) in [6.07, 6.45) is 6.06. The SMILES string of the molecule is CNC(CN1CC(OC)C(OC)C1)C1CCCC1. The van der Waals surface area contributed by atoms with Gasteiger partial charge >= 0.3 is 0 Å². The van der Waals surface area contributed by atoms with Crippen LogP contribution in [0.4, 0.5) is 0 Å². The minimum absolute atomic E-state index is 0.232. The van der Waals surface area contributed by atoms with Crippen molar-refractivity contribution in [1.29, 1.82) is 0 Å². The van der Waals surface area contributed by atoms with Crippen LogP contribution < -0.4 is 5.32 Å². The van der Waals surface area contributed by atoms with Crippen molar-refractivity contribution in [2.75, 3.05) is 40.9 Å². The van der Waals surface area contributed by atoms with Gasteiger partial charge in [0, 0.05) is 39.9 Å². The van der Waals surface area contributed by atoms with Crippen LogP contribution in [0.3, 0.4) is 0 Å². The van der Waals surface area contributed by atoms with Crippen LogP contribution in [0.5, 0.6) is 0 Å². The quantitative estimate of drug-likeness (QED) is 0.772. The third-order valence-electron chi connectivity index (χ3n) is 4.69. The summed E-state index contributed by atoms with van der Waals surface area (Å²) in [5, 5.41) is 3.51. The van der Waals surface area contributed by atoms with E-state index >= 15 is 0 Å². The summed E-state index contributed by atoms with van der Waals surface area (Å²) in [7, 11) is 5.67. The normalized spacial score (nSPS) is 32.2. The Hall–Kier alpha value is -0.160. The lowest BCUT2D eigenvalue weighted by Gasteiger charge is -2.28. The molecule has 18 heavy (non-hydrogen) atoms. The lowest BCUT2D eigenvalue weighted by Crippen LogP contribution is -2.43. The molecular formula is C14H28N2O2. The number of rotatable bonds is 6. The van der Waals surface area contributed by atoms with E-state index in [9.17, 15) is 0 Å². The van der Waals surface area contributed by atoms with Crippen LogP contribution in [-0.2, 0) is 9.47 Å². The average Bonchev–Trinajstić information content (AvgIpc) is 3.04. The molecule has 0 aromatic rings. The van der Waals surface area contributed by atoms with Crippen molar-refractivity contribution >= 4 is 0 Å². The van der Waals surface area contributed by atoms with Crippen LogP contribution >= 0.6 is 0 Å². The molecule has 4 nitrogen and oxygen atoms in total. The van der Waals surface area contributed by atoms with Crippen molar-refractivity contribution < 1.29 is 9.47 Å². The van der Waals surface area contributed by atoms with E-state index < -0.39 is 0 Å². The van der Waals surface area contributed by atoms with Gasteiger partial charge in [0.2, 0.25) is 0 Å². The number of likely N-dealkylation sites (N-methyl/N-ethyl adjacent to an activating group) is 1. The first-order valence-corrected chi connectivity index (χ1v) is 7.23. The van der Waals surface area contributed by atoms with E-state index in [1.54, 1.807) is 14.2 Å². The Morgan fingerprint density at radius 2 is 1.67 bits per heavy atom. The minimum Gasteiger partial charge on any atom is -0.377 e. The van der Waals surface area contributed by atoms with Crippen molar-refractivity contribution in [1.82, 2.24) is 10.2 Å². The van der Waals surface area contributed by atoms with Gasteiger partial charge in [-0.25, -0.2) is 0 Å². The largest absolute Gasteiger partial charge is 0.377 e. The first-order chi connectivity index (χ1) is 8.78. The van der Waals surface area contributed by atoms with Gasteiger partial charge in [-0.3, -0.25) is 4.90 Å². The lowest BCUT2D eigenvalue weighted by atomic mass is 9.98. The van der Waals surface area contributed by atoms with Gasteiger partial charge in [0.15, 0.2) is 0 Å². The maximum Gasteiger partial charge on any atom is 0.0971 e. The van der Waals surface area contributed by atoms with Gasteiger partial charge in [0.1, 0.15) is 0 Å². The number of likely N-dealkylation sites (tertiary alicyclic amines) is 1. The molecule has 1 N–H and O–H groups in total. The number of hydrogen-bond acceptors (Lipinski definition) is 4. The van der Waals surface area contributed by atoms with Gasteiger partial charge in [0.25, 0.3) is 0 Å². The molecule has 0 radical (unpaired) electrons. The Labute approximate surface area is 111 Å². The van der Waals surface area contributed by atoms with Crippen LogP contribution in [0.1, 0.15) is 25.7 Å². The van der Waals surface area contributed by atoms with Crippen LogP contribution in [0.2, 0.25) is 0 Å². The molecular weight excluding hydrogens is 228 g/mol. The standard InChI is InChI=1S/C14H28N2O2/c1-15-12(11-6-4-5-7-11)8-16-9-13(17-2)14(10-16)18-3/h11-15H,4-10H2,1-3H3. The van der Waals surface area contributed by atoms with Crippen LogP contribution in [0, 0.1) is 5.92 Å². The second kappa shape index (κ2) is 6.85. The summed E-state index contributed by atoms with van der Waals surface area (Å²) >= 11 is 0.